The van der Waals surface area contributed by atoms with Gasteiger partial charge in [0.15, 0.2) is 0 Å². The monoisotopic (exact) mass is 332 g/mol. The van der Waals surface area contributed by atoms with Crippen LogP contribution in [0.15, 0.2) is 5.03 Å². The second kappa shape index (κ2) is 7.01. The van der Waals surface area contributed by atoms with E-state index in [0.29, 0.717) is 23.6 Å². The number of nitrogens with zero attached hydrogens (tertiary/aromatic N) is 3. The van der Waals surface area contributed by atoms with Gasteiger partial charge in [0.1, 0.15) is 17.1 Å². The van der Waals surface area contributed by atoms with Gasteiger partial charge in [-0.05, 0) is 38.3 Å². The molecule has 7 heteroatoms. The molecule has 1 atom stereocenters. The topological polar surface area (TPSA) is 86.1 Å². The van der Waals surface area contributed by atoms with Gasteiger partial charge >= 0.3 is 0 Å². The zero-order valence-electron chi connectivity index (χ0n) is 13.8. The van der Waals surface area contributed by atoms with Crippen molar-refractivity contribution in [2.75, 3.05) is 19.3 Å². The molecule has 0 bridgehead atoms. The van der Waals surface area contributed by atoms with Crippen LogP contribution in [0.1, 0.15) is 28.8 Å². The van der Waals surface area contributed by atoms with Crippen LogP contribution in [0.5, 0.6) is 0 Å². The summed E-state index contributed by atoms with van der Waals surface area (Å²) in [6.45, 7) is 6.37. The summed E-state index contributed by atoms with van der Waals surface area (Å²) in [7, 11) is 1.73. The Bertz CT molecular complexity index is 696. The molecule has 1 aromatic rings. The molecule has 2 rings (SSSR count). The van der Waals surface area contributed by atoms with Crippen molar-refractivity contribution in [1.82, 2.24) is 15.2 Å². The summed E-state index contributed by atoms with van der Waals surface area (Å²) in [4.78, 5) is 29.9. The number of pyridine rings is 1. The Morgan fingerprint density at radius 2 is 2.13 bits per heavy atom. The van der Waals surface area contributed by atoms with E-state index in [1.54, 1.807) is 11.9 Å². The lowest BCUT2D eigenvalue weighted by molar-refractivity contribution is -0.131. The first-order chi connectivity index (χ1) is 10.8. The quantitative estimate of drug-likeness (QED) is 0.840. The third-order valence-electron chi connectivity index (χ3n) is 4.18. The zero-order valence-corrected chi connectivity index (χ0v) is 14.6. The Balaban J connectivity index is 2.03. The molecular formula is C16H20N4O2S. The number of carbonyl (C=O) groups is 2. The summed E-state index contributed by atoms with van der Waals surface area (Å²) in [5, 5.41) is 12.6. The van der Waals surface area contributed by atoms with E-state index in [-0.39, 0.29) is 17.6 Å². The van der Waals surface area contributed by atoms with Gasteiger partial charge in [0.2, 0.25) is 11.8 Å². The number of carbonyl (C=O) groups excluding carboxylic acids is 2. The number of likely N-dealkylation sites (N-methyl/N-ethyl adjacent to an activating group) is 1. The molecule has 1 saturated heterocycles. The maximum absolute atomic E-state index is 12.0. The highest BCUT2D eigenvalue weighted by Crippen LogP contribution is 2.26. The predicted molar refractivity (Wildman–Crippen MR) is 88.1 cm³/mol. The van der Waals surface area contributed by atoms with Crippen molar-refractivity contribution < 1.29 is 9.59 Å². The molecule has 1 N–H and O–H groups in total. The summed E-state index contributed by atoms with van der Waals surface area (Å²) < 4.78 is 0. The lowest BCUT2D eigenvalue weighted by atomic mass is 10.1. The molecule has 2 amide bonds. The number of amides is 2. The summed E-state index contributed by atoms with van der Waals surface area (Å²) in [5.74, 6) is -0.136. The number of likely N-dealkylation sites (tertiary alicyclic amines) is 1. The standard InChI is InChI=1S/C16H20N4O2S/c1-9-10(2)12(7-17)15(18-11(9)3)23-8-14(21)19-13-5-6-20(4)16(13)22/h13H,5-6,8H2,1-4H3,(H,19,21). The Labute approximate surface area is 140 Å². The number of aryl methyl sites for hydroxylation is 1. The minimum Gasteiger partial charge on any atom is -0.344 e. The van der Waals surface area contributed by atoms with E-state index in [2.05, 4.69) is 16.4 Å². The fourth-order valence-corrected chi connectivity index (χ4v) is 3.37. The van der Waals surface area contributed by atoms with Gasteiger partial charge < -0.3 is 10.2 Å². The van der Waals surface area contributed by atoms with E-state index < -0.39 is 6.04 Å². The van der Waals surface area contributed by atoms with E-state index in [1.165, 1.54) is 11.8 Å². The first-order valence-corrected chi connectivity index (χ1v) is 8.38. The summed E-state index contributed by atoms with van der Waals surface area (Å²) in [5.41, 5.74) is 3.27. The number of thioether (sulfide) groups is 1. The van der Waals surface area contributed by atoms with Crippen LogP contribution in [0.3, 0.4) is 0 Å². The van der Waals surface area contributed by atoms with Gasteiger partial charge in [-0.25, -0.2) is 4.98 Å². The van der Waals surface area contributed by atoms with Gasteiger partial charge in [-0.2, -0.15) is 5.26 Å². The first kappa shape index (κ1) is 17.3. The van der Waals surface area contributed by atoms with E-state index >= 15 is 0 Å². The van der Waals surface area contributed by atoms with Crippen molar-refractivity contribution in [2.45, 2.75) is 38.3 Å². The summed E-state index contributed by atoms with van der Waals surface area (Å²) in [6, 6.07) is 1.73. The predicted octanol–water partition coefficient (Wildman–Crippen LogP) is 1.32. The minimum absolute atomic E-state index is 0.0544. The molecule has 6 nitrogen and oxygen atoms in total. The van der Waals surface area contributed by atoms with Crippen molar-refractivity contribution in [2.24, 2.45) is 0 Å². The van der Waals surface area contributed by atoms with Gasteiger partial charge in [0.25, 0.3) is 0 Å². The molecular weight excluding hydrogens is 312 g/mol. The smallest absolute Gasteiger partial charge is 0.244 e. The normalized spacial score (nSPS) is 17.3. The third-order valence-corrected chi connectivity index (χ3v) is 5.15. The molecule has 0 spiro atoms. The Morgan fingerprint density at radius 1 is 1.43 bits per heavy atom. The molecule has 0 aliphatic carbocycles. The molecule has 1 fully saturated rings. The van der Waals surface area contributed by atoms with Crippen LogP contribution in [-0.4, -0.2) is 47.1 Å². The van der Waals surface area contributed by atoms with Crippen LogP contribution >= 0.6 is 11.8 Å². The van der Waals surface area contributed by atoms with Gasteiger partial charge in [0.05, 0.1) is 11.3 Å². The van der Waals surface area contributed by atoms with Crippen LogP contribution in [0.2, 0.25) is 0 Å². The molecule has 1 aliphatic heterocycles. The highest BCUT2D eigenvalue weighted by molar-refractivity contribution is 8.00. The van der Waals surface area contributed by atoms with Crippen molar-refractivity contribution in [3.63, 3.8) is 0 Å². The maximum Gasteiger partial charge on any atom is 0.244 e. The summed E-state index contributed by atoms with van der Waals surface area (Å²) >= 11 is 1.23. The molecule has 1 unspecified atom stereocenters. The fourth-order valence-electron chi connectivity index (χ4n) is 2.47. The third kappa shape index (κ3) is 3.64. The molecule has 0 radical (unpaired) electrons. The zero-order chi connectivity index (χ0) is 17.1. The Hall–Kier alpha value is -2.07. The average Bonchev–Trinajstić information content (AvgIpc) is 2.82. The number of nitrogens with one attached hydrogen (secondary N) is 1. The van der Waals surface area contributed by atoms with Crippen LogP contribution in [0.25, 0.3) is 0 Å². The molecule has 0 saturated carbocycles. The molecule has 1 aromatic heterocycles. The lowest BCUT2D eigenvalue weighted by Gasteiger charge is -2.13. The molecule has 23 heavy (non-hydrogen) atoms. The van der Waals surface area contributed by atoms with Crippen LogP contribution in [-0.2, 0) is 9.59 Å². The van der Waals surface area contributed by atoms with E-state index in [9.17, 15) is 14.9 Å². The van der Waals surface area contributed by atoms with Gasteiger partial charge in [0, 0.05) is 19.3 Å². The van der Waals surface area contributed by atoms with E-state index in [4.69, 9.17) is 0 Å². The lowest BCUT2D eigenvalue weighted by Crippen LogP contribution is -2.41. The van der Waals surface area contributed by atoms with Crippen LogP contribution in [0, 0.1) is 32.1 Å². The van der Waals surface area contributed by atoms with E-state index in [1.807, 2.05) is 20.8 Å². The van der Waals surface area contributed by atoms with Gasteiger partial charge in [-0.1, -0.05) is 11.8 Å². The van der Waals surface area contributed by atoms with Crippen molar-refractivity contribution >= 4 is 23.6 Å². The Kier molecular flexibility index (Phi) is 5.26. The largest absolute Gasteiger partial charge is 0.344 e. The SMILES string of the molecule is Cc1nc(SCC(=O)NC2CCN(C)C2=O)c(C#N)c(C)c1C. The van der Waals surface area contributed by atoms with Crippen molar-refractivity contribution in [3.8, 4) is 6.07 Å². The molecule has 2 heterocycles. The molecule has 122 valence electrons. The second-order valence-corrected chi connectivity index (χ2v) is 6.66. The maximum atomic E-state index is 12.0. The highest BCUT2D eigenvalue weighted by atomic mass is 32.2. The highest BCUT2D eigenvalue weighted by Gasteiger charge is 2.30. The van der Waals surface area contributed by atoms with Crippen LogP contribution < -0.4 is 5.32 Å². The second-order valence-electron chi connectivity index (χ2n) is 5.70. The number of rotatable bonds is 4. The fraction of sp³-hybridized carbons (Fsp3) is 0.500. The number of hydrogen-bond donors (Lipinski definition) is 1. The van der Waals surface area contributed by atoms with Crippen molar-refractivity contribution in [3.05, 3.63) is 22.4 Å². The number of hydrogen-bond acceptors (Lipinski definition) is 5. The average molecular weight is 332 g/mol. The molecule has 0 aromatic carbocycles. The van der Waals surface area contributed by atoms with Crippen molar-refractivity contribution in [1.29, 1.82) is 5.26 Å². The van der Waals surface area contributed by atoms with Gasteiger partial charge in [-0.15, -0.1) is 0 Å². The molecule has 1 aliphatic rings. The Morgan fingerprint density at radius 3 is 2.70 bits per heavy atom. The van der Waals surface area contributed by atoms with Gasteiger partial charge in [-0.3, -0.25) is 9.59 Å². The minimum atomic E-state index is -0.432. The number of nitriles is 1. The summed E-state index contributed by atoms with van der Waals surface area (Å²) in [6.07, 6.45) is 0.635. The van der Waals surface area contributed by atoms with E-state index in [0.717, 1.165) is 16.8 Å². The number of aromatic nitrogens is 1. The first-order valence-electron chi connectivity index (χ1n) is 7.40. The van der Waals surface area contributed by atoms with Crippen LogP contribution in [0.4, 0.5) is 0 Å².